The Hall–Kier alpha value is -2.42. The van der Waals surface area contributed by atoms with E-state index in [1.807, 2.05) is 6.92 Å². The van der Waals surface area contributed by atoms with Gasteiger partial charge in [0.25, 0.3) is 0 Å². The summed E-state index contributed by atoms with van der Waals surface area (Å²) in [6, 6.07) is 0. The van der Waals surface area contributed by atoms with Gasteiger partial charge in [-0.15, -0.1) is 0 Å². The predicted octanol–water partition coefficient (Wildman–Crippen LogP) is 5.29. The van der Waals surface area contributed by atoms with Crippen molar-refractivity contribution < 1.29 is 42.5 Å². The molecule has 9 heteroatoms. The highest BCUT2D eigenvalue weighted by molar-refractivity contribution is 6.04. The van der Waals surface area contributed by atoms with Gasteiger partial charge in [0.2, 0.25) is 11.6 Å². The zero-order valence-corrected chi connectivity index (χ0v) is 24.2. The number of halogens is 2. The number of carbonyl (C=O) groups excluding carboxylic acids is 4. The van der Waals surface area contributed by atoms with Crippen LogP contribution in [0.3, 0.4) is 0 Å². The molecule has 0 aromatic heterocycles. The number of allylic oxidation sites excluding steroid dienone is 4. The average molecular weight is 565 g/mol. The van der Waals surface area contributed by atoms with E-state index in [4.69, 9.17) is 9.47 Å². The highest BCUT2D eigenvalue weighted by atomic mass is 19.1. The summed E-state index contributed by atoms with van der Waals surface area (Å²) in [5.41, 5.74) is -6.70. The normalized spacial score (nSPS) is 40.2. The van der Waals surface area contributed by atoms with Gasteiger partial charge >= 0.3 is 11.9 Å². The van der Waals surface area contributed by atoms with Crippen molar-refractivity contribution in [2.24, 2.45) is 28.6 Å². The van der Waals surface area contributed by atoms with Crippen molar-refractivity contribution in [2.45, 2.75) is 110 Å². The molecule has 1 N–H and O–H groups in total. The summed E-state index contributed by atoms with van der Waals surface area (Å²) >= 11 is 0. The molecule has 0 radical (unpaired) electrons. The highest BCUT2D eigenvalue weighted by Crippen LogP contribution is 2.71. The molecule has 8 atom stereocenters. The van der Waals surface area contributed by atoms with Crippen LogP contribution in [0.1, 0.15) is 92.4 Å². The first-order chi connectivity index (χ1) is 18.7. The summed E-state index contributed by atoms with van der Waals surface area (Å²) < 4.78 is 43.8. The second-order valence-corrected chi connectivity index (χ2v) is 12.6. The van der Waals surface area contributed by atoms with Gasteiger partial charge in [0.05, 0.1) is 6.10 Å². The molecule has 40 heavy (non-hydrogen) atoms. The zero-order valence-electron chi connectivity index (χ0n) is 24.2. The van der Waals surface area contributed by atoms with E-state index < -0.39 is 81.9 Å². The smallest absolute Gasteiger partial charge is 0.306 e. The molecule has 0 amide bonds. The summed E-state index contributed by atoms with van der Waals surface area (Å²) in [7, 11) is 0. The molecule has 222 valence electrons. The van der Waals surface area contributed by atoms with Gasteiger partial charge in [-0.1, -0.05) is 46.6 Å². The van der Waals surface area contributed by atoms with Crippen molar-refractivity contribution in [3.8, 4) is 0 Å². The Kier molecular flexibility index (Phi) is 8.22. The minimum absolute atomic E-state index is 0.0589. The molecule has 4 rings (SSSR count). The van der Waals surface area contributed by atoms with Gasteiger partial charge in [0, 0.05) is 35.5 Å². The first-order valence-corrected chi connectivity index (χ1v) is 14.6. The van der Waals surface area contributed by atoms with E-state index in [-0.39, 0.29) is 37.7 Å². The fourth-order valence-corrected chi connectivity index (χ4v) is 8.58. The molecule has 7 nitrogen and oxygen atoms in total. The van der Waals surface area contributed by atoms with Crippen molar-refractivity contribution in [3.05, 3.63) is 23.6 Å². The summed E-state index contributed by atoms with van der Waals surface area (Å²) in [4.78, 5) is 51.2. The van der Waals surface area contributed by atoms with Crippen LogP contribution in [0.5, 0.6) is 0 Å². The monoisotopic (exact) mass is 564 g/mol. The molecule has 2 unspecified atom stereocenters. The number of carbonyl (C=O) groups is 4. The number of alkyl halides is 1. The first kappa shape index (κ1) is 30.5. The van der Waals surface area contributed by atoms with E-state index in [2.05, 4.69) is 0 Å². The molecule has 0 spiro atoms. The lowest BCUT2D eigenvalue weighted by Crippen LogP contribution is -2.70. The third kappa shape index (κ3) is 4.21. The number of hydrogen-bond donors (Lipinski definition) is 1. The van der Waals surface area contributed by atoms with Gasteiger partial charge in [-0.3, -0.25) is 19.2 Å². The molecular formula is C31H42F2O7. The first-order valence-electron chi connectivity index (χ1n) is 14.6. The number of aliphatic hydroxyl groups is 1. The summed E-state index contributed by atoms with van der Waals surface area (Å²) in [6.45, 7) is 8.08. The van der Waals surface area contributed by atoms with E-state index in [0.717, 1.165) is 18.9 Å². The number of ketones is 2. The number of Topliss-reactive ketones (excluding diaryl/α,β-unsaturated/α-hetero) is 1. The van der Waals surface area contributed by atoms with E-state index in [1.165, 1.54) is 13.0 Å². The lowest BCUT2D eigenvalue weighted by atomic mass is 9.44. The molecule has 0 saturated heterocycles. The summed E-state index contributed by atoms with van der Waals surface area (Å²) in [5.74, 6) is -5.33. The number of fused-ring (bicyclic) bond motifs is 5. The number of esters is 2. The number of hydrogen-bond acceptors (Lipinski definition) is 7. The van der Waals surface area contributed by atoms with Crippen LogP contribution in [0.2, 0.25) is 0 Å². The van der Waals surface area contributed by atoms with Crippen LogP contribution in [-0.2, 0) is 28.7 Å². The quantitative estimate of drug-likeness (QED) is 0.300. The second-order valence-electron chi connectivity index (χ2n) is 12.6. The molecule has 0 aromatic carbocycles. The van der Waals surface area contributed by atoms with Gasteiger partial charge in [0.1, 0.15) is 0 Å². The zero-order chi connectivity index (χ0) is 29.7. The van der Waals surface area contributed by atoms with Crippen LogP contribution in [0.15, 0.2) is 23.6 Å². The second kappa shape index (κ2) is 10.8. The number of aliphatic hydroxyl groups excluding tert-OH is 1. The lowest BCUT2D eigenvalue weighted by molar-refractivity contribution is -0.229. The summed E-state index contributed by atoms with van der Waals surface area (Å²) in [5, 5.41) is 11.6. The standard InChI is InChI=1S/C31H42F2O7/c1-6-8-9-10-26(38)40-31(24(36)17-39-25(37)7-2)18(3)15-21-19-11-12-20-27(32)22(34)13-14-28(20,4)30(19,33)23(35)16-29(21,31)5/h13-14,18-19,21,23,35H,6-12,15-17H2,1-5H3/t18?,19-,21-,23?,28-,29-,30-,31-/m0/s1. The third-order valence-electron chi connectivity index (χ3n) is 10.6. The van der Waals surface area contributed by atoms with Gasteiger partial charge in [-0.25, -0.2) is 8.78 Å². The number of rotatable bonds is 9. The van der Waals surface area contributed by atoms with Crippen molar-refractivity contribution in [1.82, 2.24) is 0 Å². The van der Waals surface area contributed by atoms with Crippen LogP contribution in [0.4, 0.5) is 8.78 Å². The lowest BCUT2D eigenvalue weighted by Gasteiger charge is -2.62. The SMILES string of the molecule is CCCCCC(=O)O[C@]1(C(=O)COC(=O)CC)C(C)C[C@H]2[C@@H]3CCC4=C(F)C(=O)C=C[C@]4(C)[C@@]3(F)C(O)C[C@@]21C. The maximum atomic E-state index is 17.5. The summed E-state index contributed by atoms with van der Waals surface area (Å²) in [6.07, 6.45) is 3.64. The predicted molar refractivity (Wildman–Crippen MR) is 142 cm³/mol. The van der Waals surface area contributed by atoms with E-state index in [1.54, 1.807) is 20.8 Å². The van der Waals surface area contributed by atoms with Crippen LogP contribution in [0.25, 0.3) is 0 Å². The fraction of sp³-hybridized carbons (Fsp3) is 0.742. The minimum atomic E-state index is -2.31. The molecule has 4 aliphatic carbocycles. The molecular weight excluding hydrogens is 522 g/mol. The maximum absolute atomic E-state index is 17.5. The van der Waals surface area contributed by atoms with Crippen molar-refractivity contribution in [3.63, 3.8) is 0 Å². The Bertz CT molecular complexity index is 1150. The third-order valence-corrected chi connectivity index (χ3v) is 10.6. The Morgan fingerprint density at radius 1 is 1.12 bits per heavy atom. The largest absolute Gasteiger partial charge is 0.457 e. The van der Waals surface area contributed by atoms with E-state index in [0.29, 0.717) is 12.8 Å². The highest BCUT2D eigenvalue weighted by Gasteiger charge is 2.77. The molecule has 3 saturated carbocycles. The number of unbranched alkanes of at least 4 members (excludes halogenated alkanes) is 2. The average Bonchev–Trinajstić information content (AvgIpc) is 3.12. The topological polar surface area (TPSA) is 107 Å². The molecule has 0 aromatic rings. The van der Waals surface area contributed by atoms with Crippen LogP contribution in [0, 0.1) is 28.6 Å². The van der Waals surface area contributed by atoms with E-state index >= 15 is 4.39 Å². The molecule has 4 aliphatic rings. The number of ether oxygens (including phenoxy) is 2. The van der Waals surface area contributed by atoms with Crippen LogP contribution in [-0.4, -0.2) is 52.6 Å². The Labute approximate surface area is 234 Å². The Morgan fingerprint density at radius 2 is 1.82 bits per heavy atom. The van der Waals surface area contributed by atoms with Gasteiger partial charge in [-0.05, 0) is 56.6 Å². The van der Waals surface area contributed by atoms with Gasteiger partial charge in [0.15, 0.2) is 23.7 Å². The maximum Gasteiger partial charge on any atom is 0.306 e. The van der Waals surface area contributed by atoms with Crippen molar-refractivity contribution >= 4 is 23.5 Å². The molecule has 0 bridgehead atoms. The molecule has 3 fully saturated rings. The van der Waals surface area contributed by atoms with Crippen molar-refractivity contribution in [2.75, 3.05) is 6.61 Å². The Morgan fingerprint density at radius 3 is 2.48 bits per heavy atom. The van der Waals surface area contributed by atoms with Crippen LogP contribution >= 0.6 is 0 Å². The Balaban J connectivity index is 1.78. The minimum Gasteiger partial charge on any atom is -0.457 e. The van der Waals surface area contributed by atoms with Gasteiger partial charge in [-0.2, -0.15) is 0 Å². The van der Waals surface area contributed by atoms with Crippen molar-refractivity contribution in [1.29, 1.82) is 0 Å². The molecule has 0 heterocycles. The van der Waals surface area contributed by atoms with Crippen LogP contribution < -0.4 is 0 Å². The molecule has 0 aliphatic heterocycles. The van der Waals surface area contributed by atoms with E-state index in [9.17, 15) is 28.7 Å². The fourth-order valence-electron chi connectivity index (χ4n) is 8.58. The van der Waals surface area contributed by atoms with Gasteiger partial charge < -0.3 is 14.6 Å².